The molecule has 2 rings (SSSR count). The number of nitrogens with one attached hydrogen (secondary N) is 1. The molecule has 0 radical (unpaired) electrons. The fourth-order valence-electron chi connectivity index (χ4n) is 2.21. The second-order valence-corrected chi connectivity index (χ2v) is 4.96. The molecular weight excluding hydrogens is 311 g/mol. The average Bonchev–Trinajstić information content (AvgIpc) is 2.61. The summed E-state index contributed by atoms with van der Waals surface area (Å²) in [6.07, 6.45) is 0. The molecule has 0 bridgehead atoms. The third-order valence-corrected chi connectivity index (χ3v) is 3.56. The smallest absolute Gasteiger partial charge is 0.245 e. The van der Waals surface area contributed by atoms with Gasteiger partial charge in [0.25, 0.3) is 0 Å². The first-order valence-electron chi connectivity index (χ1n) is 7.11. The van der Waals surface area contributed by atoms with Gasteiger partial charge in [0.05, 0.1) is 18.7 Å². The van der Waals surface area contributed by atoms with E-state index < -0.39 is 23.4 Å². The number of halogens is 1. The van der Waals surface area contributed by atoms with Crippen LogP contribution < -0.4 is 10.1 Å². The summed E-state index contributed by atoms with van der Waals surface area (Å²) >= 11 is 0. The molecule has 2 aromatic carbocycles. The number of hydrogen-bond acceptors (Lipinski definition) is 4. The number of carbonyl (C=O) groups excluding carboxylic acids is 2. The number of benzene rings is 2. The second-order valence-electron chi connectivity index (χ2n) is 4.96. The molecule has 0 fully saturated rings. The van der Waals surface area contributed by atoms with Gasteiger partial charge in [-0.1, -0.05) is 18.2 Å². The van der Waals surface area contributed by atoms with Crippen LogP contribution in [-0.4, -0.2) is 25.8 Å². The Morgan fingerprint density at radius 1 is 1.17 bits per heavy atom. The summed E-state index contributed by atoms with van der Waals surface area (Å²) in [4.78, 5) is 23.7. The topological polar surface area (TPSA) is 79.2 Å². The summed E-state index contributed by atoms with van der Waals surface area (Å²) in [5.74, 6) is -3.31. The van der Waals surface area contributed by atoms with Crippen LogP contribution in [0.1, 0.15) is 10.4 Å². The van der Waals surface area contributed by atoms with Gasteiger partial charge in [-0.2, -0.15) is 5.26 Å². The summed E-state index contributed by atoms with van der Waals surface area (Å²) in [6.45, 7) is 0. The quantitative estimate of drug-likeness (QED) is 0.676. The van der Waals surface area contributed by atoms with Gasteiger partial charge < -0.3 is 10.1 Å². The Balaban J connectivity index is 2.34. The fourth-order valence-corrected chi connectivity index (χ4v) is 2.21. The summed E-state index contributed by atoms with van der Waals surface area (Å²) in [5, 5.41) is 11.2. The Kier molecular flexibility index (Phi) is 5.27. The molecule has 1 atom stereocenters. The molecule has 1 N–H and O–H groups in total. The van der Waals surface area contributed by atoms with Gasteiger partial charge in [0.1, 0.15) is 11.6 Å². The molecule has 24 heavy (non-hydrogen) atoms. The monoisotopic (exact) mass is 326 g/mol. The van der Waals surface area contributed by atoms with Crippen LogP contribution in [0.2, 0.25) is 0 Å². The number of carbonyl (C=O) groups is 2. The lowest BCUT2D eigenvalue weighted by Gasteiger charge is -2.09. The van der Waals surface area contributed by atoms with E-state index in [1.54, 1.807) is 43.5 Å². The van der Waals surface area contributed by atoms with Gasteiger partial charge in [-0.25, -0.2) is 4.39 Å². The summed E-state index contributed by atoms with van der Waals surface area (Å²) in [7, 11) is 2.86. The maximum atomic E-state index is 14.3. The Morgan fingerprint density at radius 2 is 1.79 bits per heavy atom. The number of hydrogen-bond donors (Lipinski definition) is 1. The Morgan fingerprint density at radius 3 is 2.29 bits per heavy atom. The number of nitrogens with zero attached hydrogens (tertiary/aromatic N) is 1. The zero-order valence-electron chi connectivity index (χ0n) is 13.2. The number of amides is 1. The molecule has 2 aromatic rings. The lowest BCUT2D eigenvalue weighted by atomic mass is 9.95. The second kappa shape index (κ2) is 7.38. The first-order chi connectivity index (χ1) is 11.5. The molecule has 0 spiro atoms. The predicted octanol–water partition coefficient (Wildman–Crippen LogP) is 2.57. The number of nitriles is 1. The number of ether oxygens (including phenoxy) is 1. The molecule has 6 heteroatoms. The zero-order chi connectivity index (χ0) is 17.7. The summed E-state index contributed by atoms with van der Waals surface area (Å²) in [6, 6.07) is 12.6. The molecule has 1 unspecified atom stereocenters. The van der Waals surface area contributed by atoms with Crippen LogP contribution in [0.5, 0.6) is 5.75 Å². The summed E-state index contributed by atoms with van der Waals surface area (Å²) in [5.41, 5.74) is 1.03. The van der Waals surface area contributed by atoms with Gasteiger partial charge in [-0.15, -0.1) is 0 Å². The van der Waals surface area contributed by atoms with E-state index in [0.717, 1.165) is 5.56 Å². The number of methoxy groups -OCH3 is 1. The van der Waals surface area contributed by atoms with Crippen LogP contribution >= 0.6 is 0 Å². The van der Waals surface area contributed by atoms with Crippen molar-refractivity contribution in [1.29, 1.82) is 5.26 Å². The zero-order valence-corrected chi connectivity index (χ0v) is 13.2. The molecule has 122 valence electrons. The Bertz CT molecular complexity index is 810. The molecule has 0 aliphatic carbocycles. The number of Topliss-reactive ketones (excluding diaryl/α,β-unsaturated/α-hetero) is 1. The van der Waals surface area contributed by atoms with E-state index in [4.69, 9.17) is 10.00 Å². The fraction of sp³-hybridized carbons (Fsp3) is 0.167. The summed E-state index contributed by atoms with van der Waals surface area (Å²) < 4.78 is 19.4. The highest BCUT2D eigenvalue weighted by Crippen LogP contribution is 2.25. The van der Waals surface area contributed by atoms with Gasteiger partial charge in [0, 0.05) is 7.05 Å². The van der Waals surface area contributed by atoms with Gasteiger partial charge in [-0.05, 0) is 35.4 Å². The van der Waals surface area contributed by atoms with E-state index in [2.05, 4.69) is 5.32 Å². The van der Waals surface area contributed by atoms with Gasteiger partial charge in [0.2, 0.25) is 5.91 Å². The van der Waals surface area contributed by atoms with Gasteiger partial charge in [-0.3, -0.25) is 9.59 Å². The third-order valence-electron chi connectivity index (χ3n) is 3.56. The minimum atomic E-state index is -1.57. The van der Waals surface area contributed by atoms with E-state index in [1.807, 2.05) is 0 Å². The predicted molar refractivity (Wildman–Crippen MR) is 85.9 cm³/mol. The molecule has 5 nitrogen and oxygen atoms in total. The van der Waals surface area contributed by atoms with E-state index >= 15 is 0 Å². The third kappa shape index (κ3) is 3.41. The molecule has 0 aliphatic heterocycles. The lowest BCUT2D eigenvalue weighted by molar-refractivity contribution is -0.121. The maximum absolute atomic E-state index is 14.3. The van der Waals surface area contributed by atoms with Crippen molar-refractivity contribution in [3.63, 3.8) is 0 Å². The van der Waals surface area contributed by atoms with Crippen molar-refractivity contribution >= 4 is 11.7 Å². The molecule has 0 aromatic heterocycles. The number of rotatable bonds is 5. The van der Waals surface area contributed by atoms with E-state index in [-0.39, 0.29) is 5.56 Å². The van der Waals surface area contributed by atoms with Crippen molar-refractivity contribution in [2.45, 2.75) is 0 Å². The van der Waals surface area contributed by atoms with E-state index in [0.29, 0.717) is 11.3 Å². The molecular formula is C18H15FN2O3. The Labute approximate surface area is 138 Å². The minimum absolute atomic E-state index is 0.289. The SMILES string of the molecule is CNC(=O)C(C#N)C(=O)c1ccc(-c2ccc(OC)cc2)cc1F. The van der Waals surface area contributed by atoms with Crippen molar-refractivity contribution in [1.82, 2.24) is 5.32 Å². The minimum Gasteiger partial charge on any atom is -0.497 e. The highest BCUT2D eigenvalue weighted by Gasteiger charge is 2.28. The lowest BCUT2D eigenvalue weighted by Crippen LogP contribution is -2.32. The van der Waals surface area contributed by atoms with E-state index in [1.165, 1.54) is 19.2 Å². The molecule has 0 heterocycles. The van der Waals surface area contributed by atoms with Gasteiger partial charge in [0.15, 0.2) is 11.7 Å². The number of ketones is 1. The highest BCUT2D eigenvalue weighted by atomic mass is 19.1. The Hall–Kier alpha value is -3.20. The first kappa shape index (κ1) is 17.2. The van der Waals surface area contributed by atoms with Crippen LogP contribution in [0, 0.1) is 23.1 Å². The molecule has 0 aliphatic rings. The van der Waals surface area contributed by atoms with E-state index in [9.17, 15) is 14.0 Å². The average molecular weight is 326 g/mol. The van der Waals surface area contributed by atoms with Crippen molar-refractivity contribution in [3.05, 3.63) is 53.8 Å². The maximum Gasteiger partial charge on any atom is 0.245 e. The van der Waals surface area contributed by atoms with Crippen molar-refractivity contribution in [2.24, 2.45) is 5.92 Å². The standard InChI is InChI=1S/C18H15FN2O3/c1-21-18(23)15(10-20)17(22)14-8-5-12(9-16(14)19)11-3-6-13(24-2)7-4-11/h3-9,15H,1-2H3,(H,21,23). The van der Waals surface area contributed by atoms with Crippen LogP contribution in [0.3, 0.4) is 0 Å². The van der Waals surface area contributed by atoms with Crippen LogP contribution in [-0.2, 0) is 4.79 Å². The van der Waals surface area contributed by atoms with Gasteiger partial charge >= 0.3 is 0 Å². The molecule has 1 amide bonds. The highest BCUT2D eigenvalue weighted by molar-refractivity contribution is 6.12. The normalized spacial score (nSPS) is 11.2. The van der Waals surface area contributed by atoms with Crippen LogP contribution in [0.15, 0.2) is 42.5 Å². The van der Waals surface area contributed by atoms with Crippen molar-refractivity contribution in [2.75, 3.05) is 14.2 Å². The molecule has 0 saturated carbocycles. The van der Waals surface area contributed by atoms with Crippen LogP contribution in [0.4, 0.5) is 4.39 Å². The first-order valence-corrected chi connectivity index (χ1v) is 7.11. The van der Waals surface area contributed by atoms with Crippen molar-refractivity contribution in [3.8, 4) is 22.9 Å². The van der Waals surface area contributed by atoms with Crippen molar-refractivity contribution < 1.29 is 18.7 Å². The molecule has 0 saturated heterocycles. The van der Waals surface area contributed by atoms with Crippen LogP contribution in [0.25, 0.3) is 11.1 Å². The largest absolute Gasteiger partial charge is 0.497 e.